The van der Waals surface area contributed by atoms with Gasteiger partial charge in [0.25, 0.3) is 10.0 Å². The third-order valence-corrected chi connectivity index (χ3v) is 6.75. The van der Waals surface area contributed by atoms with Crippen LogP contribution in [-0.4, -0.2) is 23.2 Å². The molecule has 1 N–H and O–H groups in total. The van der Waals surface area contributed by atoms with Gasteiger partial charge in [-0.1, -0.05) is 0 Å². The molecule has 4 nitrogen and oxygen atoms in total. The van der Waals surface area contributed by atoms with Gasteiger partial charge in [-0.05, 0) is 24.9 Å². The lowest BCUT2D eigenvalue weighted by atomic mass is 9.88. The highest BCUT2D eigenvalue weighted by Gasteiger charge is 2.76. The molecule has 0 bridgehead atoms. The van der Waals surface area contributed by atoms with Gasteiger partial charge < -0.3 is 4.55 Å². The lowest BCUT2D eigenvalue weighted by Crippen LogP contribution is -2.68. The fraction of sp³-hybridized carbons (Fsp3) is 1.00. The summed E-state index contributed by atoms with van der Waals surface area (Å²) in [6.07, 6.45) is 0. The molecule has 0 saturated carbocycles. The summed E-state index contributed by atoms with van der Waals surface area (Å²) in [5, 5.41) is -7.17. The molecule has 0 aromatic rings. The van der Waals surface area contributed by atoms with E-state index in [1.165, 1.54) is 0 Å². The molecule has 1 aliphatic rings. The average Bonchev–Trinajstić information content (AvgIpc) is 2.00. The molecule has 0 amide bonds. The minimum absolute atomic E-state index is 0.527. The van der Waals surface area contributed by atoms with Gasteiger partial charge in [0.2, 0.25) is 5.00 Å². The molecule has 0 aromatic carbocycles. The van der Waals surface area contributed by atoms with E-state index in [4.69, 9.17) is 0 Å². The van der Waals surface area contributed by atoms with Gasteiger partial charge in [0, 0.05) is 0 Å². The van der Waals surface area contributed by atoms with Crippen LogP contribution in [-0.2, 0) is 21.4 Å². The van der Waals surface area contributed by atoms with Gasteiger partial charge in [-0.3, -0.25) is 0 Å². The summed E-state index contributed by atoms with van der Waals surface area (Å²) in [5.41, 5.74) is -2.57. The predicted molar refractivity (Wildman–Crippen MR) is 48.4 cm³/mol. The molecule has 1 fully saturated rings. The first-order valence-corrected chi connectivity index (χ1v) is 6.52. The number of hydrogen-bond acceptors (Lipinski definition) is 3. The molecule has 1 heterocycles. The quantitative estimate of drug-likeness (QED) is 0.661. The fourth-order valence-electron chi connectivity index (χ4n) is 1.06. The van der Waals surface area contributed by atoms with Crippen LogP contribution in [0.5, 0.6) is 0 Å². The van der Waals surface area contributed by atoms with Gasteiger partial charge in [-0.2, -0.15) is 8.78 Å². The minimum atomic E-state index is -4.69. The third-order valence-electron chi connectivity index (χ3n) is 2.77. The van der Waals surface area contributed by atoms with E-state index in [0.29, 0.717) is 6.92 Å². The third kappa shape index (κ3) is 1.40. The molecule has 2 unspecified atom stereocenters. The zero-order chi connectivity index (χ0) is 12.3. The van der Waals surface area contributed by atoms with Crippen molar-refractivity contribution in [3.63, 3.8) is 0 Å². The SMILES string of the molecule is CC1(C)C(F)(F)[S+]([O-])NS(=O)(=O)C1(C)F. The highest BCUT2D eigenvalue weighted by molar-refractivity contribution is 8.06. The van der Waals surface area contributed by atoms with E-state index in [9.17, 15) is 26.1 Å². The summed E-state index contributed by atoms with van der Waals surface area (Å²) < 4.78 is 75.0. The molecular formula is C6H10F3NO3S2. The van der Waals surface area contributed by atoms with E-state index in [-0.39, 0.29) is 0 Å². The molecule has 0 aliphatic carbocycles. The molecule has 0 radical (unpaired) electrons. The molecule has 9 heteroatoms. The second-order valence-electron chi connectivity index (χ2n) is 3.91. The number of hydrogen-bond donors (Lipinski definition) is 1. The van der Waals surface area contributed by atoms with Crippen molar-refractivity contribution >= 4 is 21.4 Å². The van der Waals surface area contributed by atoms with Crippen molar-refractivity contribution in [2.45, 2.75) is 31.0 Å². The van der Waals surface area contributed by atoms with Gasteiger partial charge >= 0.3 is 5.25 Å². The van der Waals surface area contributed by atoms with Crippen molar-refractivity contribution in [1.29, 1.82) is 0 Å². The largest absolute Gasteiger partial charge is 0.592 e. The number of nitrogens with one attached hydrogen (secondary N) is 1. The van der Waals surface area contributed by atoms with E-state index in [1.807, 2.05) is 0 Å². The fourth-order valence-corrected chi connectivity index (χ4v) is 4.42. The summed E-state index contributed by atoms with van der Waals surface area (Å²) in [7, 11) is -4.69. The number of alkyl halides is 3. The van der Waals surface area contributed by atoms with Crippen LogP contribution in [0, 0.1) is 5.41 Å². The summed E-state index contributed by atoms with van der Waals surface area (Å²) in [5.74, 6) is 0. The Balaban J connectivity index is 3.43. The highest BCUT2D eigenvalue weighted by atomic mass is 32.3. The smallest absolute Gasteiger partial charge is 0.435 e. The van der Waals surface area contributed by atoms with Crippen molar-refractivity contribution in [2.24, 2.45) is 5.41 Å². The number of sulfonamides is 1. The van der Waals surface area contributed by atoms with Gasteiger partial charge in [0.1, 0.15) is 16.8 Å². The van der Waals surface area contributed by atoms with E-state index in [2.05, 4.69) is 0 Å². The Hall–Kier alpha value is 0.01000. The Morgan fingerprint density at radius 2 is 1.60 bits per heavy atom. The van der Waals surface area contributed by atoms with E-state index < -0.39 is 37.1 Å². The van der Waals surface area contributed by atoms with Crippen LogP contribution in [0.3, 0.4) is 0 Å². The van der Waals surface area contributed by atoms with Crippen molar-refractivity contribution in [2.75, 3.05) is 0 Å². The normalized spacial score (nSPS) is 42.5. The highest BCUT2D eigenvalue weighted by Crippen LogP contribution is 2.54. The van der Waals surface area contributed by atoms with Gasteiger partial charge in [-0.25, -0.2) is 12.8 Å². The molecule has 0 aromatic heterocycles. The van der Waals surface area contributed by atoms with Crippen molar-refractivity contribution < 1.29 is 26.1 Å². The Labute approximate surface area is 88.6 Å². The standard InChI is InChI=1S/C6H10F3NO3S2/c1-4(2)5(3,7)15(12,13)10-14(11)6(4,8)9/h10H,1-3H3. The van der Waals surface area contributed by atoms with Crippen LogP contribution < -0.4 is 4.13 Å². The van der Waals surface area contributed by atoms with E-state index >= 15 is 0 Å². The maximum absolute atomic E-state index is 13.8. The zero-order valence-corrected chi connectivity index (χ0v) is 9.81. The van der Waals surface area contributed by atoms with E-state index in [0.717, 1.165) is 18.0 Å². The Morgan fingerprint density at radius 1 is 1.20 bits per heavy atom. The molecule has 1 saturated heterocycles. The summed E-state index contributed by atoms with van der Waals surface area (Å²) in [6, 6.07) is 0. The maximum atomic E-state index is 13.8. The lowest BCUT2D eigenvalue weighted by Gasteiger charge is -2.44. The Bertz CT molecular complexity index is 379. The first-order chi connectivity index (χ1) is 6.38. The second kappa shape index (κ2) is 3.02. The Morgan fingerprint density at radius 3 is 2.00 bits per heavy atom. The van der Waals surface area contributed by atoms with E-state index in [1.54, 1.807) is 0 Å². The number of rotatable bonds is 0. The summed E-state index contributed by atoms with van der Waals surface area (Å²) >= 11 is -3.15. The van der Waals surface area contributed by atoms with Crippen molar-refractivity contribution in [3.05, 3.63) is 0 Å². The molecule has 90 valence electrons. The molecule has 1 aliphatic heterocycles. The van der Waals surface area contributed by atoms with Crippen LogP contribution >= 0.6 is 0 Å². The van der Waals surface area contributed by atoms with Gasteiger partial charge in [-0.15, -0.1) is 0 Å². The summed E-state index contributed by atoms with van der Waals surface area (Å²) in [6.45, 7) is 1.98. The average molecular weight is 265 g/mol. The van der Waals surface area contributed by atoms with Crippen LogP contribution in [0.2, 0.25) is 0 Å². The van der Waals surface area contributed by atoms with Gasteiger partial charge in [0.15, 0.2) is 0 Å². The minimum Gasteiger partial charge on any atom is -0.592 e. The first-order valence-electron chi connectivity index (χ1n) is 3.88. The molecule has 0 spiro atoms. The number of halogens is 3. The topological polar surface area (TPSA) is 69.2 Å². The summed E-state index contributed by atoms with van der Waals surface area (Å²) in [4.78, 5) is 0. The van der Waals surface area contributed by atoms with Crippen LogP contribution in [0.1, 0.15) is 20.8 Å². The van der Waals surface area contributed by atoms with Crippen molar-refractivity contribution in [1.82, 2.24) is 4.13 Å². The Kier molecular flexibility index (Phi) is 2.63. The first kappa shape index (κ1) is 13.1. The lowest BCUT2D eigenvalue weighted by molar-refractivity contribution is -0.0861. The van der Waals surface area contributed by atoms with Gasteiger partial charge in [0.05, 0.1) is 0 Å². The maximum Gasteiger partial charge on any atom is 0.435 e. The van der Waals surface area contributed by atoms with Crippen LogP contribution in [0.25, 0.3) is 0 Å². The molecule has 15 heavy (non-hydrogen) atoms. The zero-order valence-electron chi connectivity index (χ0n) is 8.18. The monoisotopic (exact) mass is 265 g/mol. The van der Waals surface area contributed by atoms with Crippen molar-refractivity contribution in [3.8, 4) is 0 Å². The second-order valence-corrected chi connectivity index (χ2v) is 7.40. The van der Waals surface area contributed by atoms with Crippen LogP contribution in [0.15, 0.2) is 0 Å². The molecule has 1 rings (SSSR count). The van der Waals surface area contributed by atoms with Crippen LogP contribution in [0.4, 0.5) is 13.2 Å². The molecular weight excluding hydrogens is 255 g/mol. The predicted octanol–water partition coefficient (Wildman–Crippen LogP) is 0.888. The molecule has 2 atom stereocenters.